The van der Waals surface area contributed by atoms with Crippen molar-refractivity contribution in [2.75, 3.05) is 26.4 Å². The highest BCUT2D eigenvalue weighted by Crippen LogP contribution is 2.42. The normalized spacial score (nSPS) is 27.4. The quantitative estimate of drug-likeness (QED) is 0.183. The molecule has 1 fully saturated rings. The first-order chi connectivity index (χ1) is 21.5. The van der Waals surface area contributed by atoms with E-state index in [4.69, 9.17) is 17.7 Å². The van der Waals surface area contributed by atoms with E-state index in [1.54, 1.807) is 0 Å². The molecule has 232 valence electrons. The SMILES string of the molecule is CCO[Si]1(c2ccccc2)C[Si](OCC)(c2ccccc2)C[Si](OCC)(c2ccccc2)C[Si](OCC)(c2ccccc2)C1. The number of benzene rings is 4. The van der Waals surface area contributed by atoms with Crippen molar-refractivity contribution in [2.45, 2.75) is 50.4 Å². The largest absolute Gasteiger partial charge is 0.413 e. The first kappa shape index (κ1) is 33.0. The molecule has 1 aliphatic rings. The molecule has 5 rings (SSSR count). The maximum atomic E-state index is 7.30. The molecule has 8 heteroatoms. The van der Waals surface area contributed by atoms with Gasteiger partial charge in [-0.2, -0.15) is 0 Å². The Labute approximate surface area is 268 Å². The Morgan fingerprint density at radius 3 is 0.682 bits per heavy atom. The predicted octanol–water partition coefficient (Wildman–Crippen LogP) is 5.71. The first-order valence-electron chi connectivity index (χ1n) is 16.3. The average Bonchev–Trinajstić information content (AvgIpc) is 3.06. The third kappa shape index (κ3) is 6.73. The zero-order valence-corrected chi connectivity index (χ0v) is 30.8. The molecule has 0 atom stereocenters. The monoisotopic (exact) mass is 656 g/mol. The van der Waals surface area contributed by atoms with Crippen LogP contribution in [0.1, 0.15) is 27.7 Å². The van der Waals surface area contributed by atoms with Crippen LogP contribution in [0.4, 0.5) is 0 Å². The van der Waals surface area contributed by atoms with Crippen LogP contribution in [0.3, 0.4) is 0 Å². The summed E-state index contributed by atoms with van der Waals surface area (Å²) in [6.45, 7) is 11.3. The second kappa shape index (κ2) is 14.8. The Kier molecular flexibility index (Phi) is 11.1. The Morgan fingerprint density at radius 2 is 0.523 bits per heavy atom. The lowest BCUT2D eigenvalue weighted by atomic mass is 10.4. The zero-order chi connectivity index (χ0) is 30.9. The summed E-state index contributed by atoms with van der Waals surface area (Å²) in [6, 6.07) is 44.5. The summed E-state index contributed by atoms with van der Waals surface area (Å²) >= 11 is 0. The van der Waals surface area contributed by atoms with Gasteiger partial charge in [0.05, 0.1) is 0 Å². The van der Waals surface area contributed by atoms with Gasteiger partial charge in [0.15, 0.2) is 0 Å². The molecular formula is C36H48O4Si4. The summed E-state index contributed by atoms with van der Waals surface area (Å²) in [6.07, 6.45) is 0. The fourth-order valence-corrected chi connectivity index (χ4v) is 44.9. The van der Waals surface area contributed by atoms with E-state index in [2.05, 4.69) is 149 Å². The number of hydrogen-bond donors (Lipinski definition) is 0. The molecule has 0 unspecified atom stereocenters. The van der Waals surface area contributed by atoms with Crippen LogP contribution >= 0.6 is 0 Å². The maximum Gasteiger partial charge on any atom is 0.224 e. The van der Waals surface area contributed by atoms with Crippen LogP contribution in [0.2, 0.25) is 22.7 Å². The van der Waals surface area contributed by atoms with E-state index < -0.39 is 33.3 Å². The molecule has 0 saturated carbocycles. The first-order valence-corrected chi connectivity index (χ1v) is 25.6. The molecule has 0 N–H and O–H groups in total. The summed E-state index contributed by atoms with van der Waals surface area (Å²) < 4.78 is 29.2. The number of rotatable bonds is 12. The van der Waals surface area contributed by atoms with Crippen LogP contribution in [0.15, 0.2) is 121 Å². The lowest BCUT2D eigenvalue weighted by molar-refractivity contribution is 0.300. The van der Waals surface area contributed by atoms with Gasteiger partial charge in [-0.15, -0.1) is 0 Å². The van der Waals surface area contributed by atoms with Crippen LogP contribution in [0.5, 0.6) is 0 Å². The van der Waals surface area contributed by atoms with Gasteiger partial charge in [-0.05, 0) is 71.1 Å². The van der Waals surface area contributed by atoms with Gasteiger partial charge in [0.25, 0.3) is 0 Å². The van der Waals surface area contributed by atoms with Gasteiger partial charge in [-0.1, -0.05) is 121 Å². The summed E-state index contributed by atoms with van der Waals surface area (Å²) in [5.41, 5.74) is 3.77. The van der Waals surface area contributed by atoms with E-state index in [-0.39, 0.29) is 0 Å². The molecule has 0 bridgehead atoms. The minimum atomic E-state index is -2.70. The molecule has 4 aromatic carbocycles. The lowest BCUT2D eigenvalue weighted by Gasteiger charge is -2.52. The van der Waals surface area contributed by atoms with Gasteiger partial charge in [-0.25, -0.2) is 0 Å². The molecule has 1 heterocycles. The highest BCUT2D eigenvalue weighted by atomic mass is 28.5. The van der Waals surface area contributed by atoms with Crippen molar-refractivity contribution in [1.82, 2.24) is 0 Å². The van der Waals surface area contributed by atoms with E-state index in [1.807, 2.05) is 0 Å². The van der Waals surface area contributed by atoms with E-state index >= 15 is 0 Å². The van der Waals surface area contributed by atoms with Crippen LogP contribution in [-0.4, -0.2) is 59.7 Å². The summed E-state index contributed by atoms with van der Waals surface area (Å²) in [5.74, 6) is 0. The van der Waals surface area contributed by atoms with Gasteiger partial charge in [0.2, 0.25) is 33.3 Å². The molecule has 0 aromatic heterocycles. The molecular weight excluding hydrogens is 609 g/mol. The van der Waals surface area contributed by atoms with Gasteiger partial charge in [0.1, 0.15) is 0 Å². The third-order valence-electron chi connectivity index (χ3n) is 9.17. The molecule has 4 aromatic rings. The highest BCUT2D eigenvalue weighted by Gasteiger charge is 2.63. The fraction of sp³-hybridized carbons (Fsp3) is 0.333. The predicted molar refractivity (Wildman–Crippen MR) is 193 cm³/mol. The van der Waals surface area contributed by atoms with E-state index in [0.717, 1.165) is 22.7 Å². The van der Waals surface area contributed by atoms with Crippen molar-refractivity contribution in [1.29, 1.82) is 0 Å². The van der Waals surface area contributed by atoms with Gasteiger partial charge in [0, 0.05) is 26.4 Å². The minimum Gasteiger partial charge on any atom is -0.413 e. The van der Waals surface area contributed by atoms with Crippen molar-refractivity contribution < 1.29 is 17.7 Å². The van der Waals surface area contributed by atoms with Crippen LogP contribution in [-0.2, 0) is 17.7 Å². The van der Waals surface area contributed by atoms with Crippen LogP contribution in [0.25, 0.3) is 0 Å². The van der Waals surface area contributed by atoms with Crippen molar-refractivity contribution in [3.05, 3.63) is 121 Å². The maximum absolute atomic E-state index is 7.30. The highest BCUT2D eigenvalue weighted by molar-refractivity contribution is 7.19. The smallest absolute Gasteiger partial charge is 0.224 e. The van der Waals surface area contributed by atoms with Gasteiger partial charge < -0.3 is 17.7 Å². The Bertz CT molecular complexity index is 1190. The lowest BCUT2D eigenvalue weighted by Crippen LogP contribution is -2.76. The van der Waals surface area contributed by atoms with E-state index in [9.17, 15) is 0 Å². The Morgan fingerprint density at radius 1 is 0.341 bits per heavy atom. The standard InChI is InChI=1S/C36H48O4Si4/c1-5-37-41(33-21-13-9-14-22-33)29-42(38-6-2,34-23-15-10-16-24-34)31-44(40-8-4,36-27-19-12-20-28-36)32-43(30-41,39-7-3)35-25-17-11-18-26-35/h9-28H,5-8,29-32H2,1-4H3. The third-order valence-corrected chi connectivity index (χ3v) is 36.3. The second-order valence-corrected chi connectivity index (χ2v) is 29.0. The van der Waals surface area contributed by atoms with E-state index in [1.165, 1.54) is 20.7 Å². The van der Waals surface area contributed by atoms with Crippen molar-refractivity contribution in [2.24, 2.45) is 0 Å². The van der Waals surface area contributed by atoms with Gasteiger partial charge in [-0.3, -0.25) is 0 Å². The van der Waals surface area contributed by atoms with E-state index in [0.29, 0.717) is 26.4 Å². The Hall–Kier alpha value is -2.41. The molecule has 0 amide bonds. The van der Waals surface area contributed by atoms with Gasteiger partial charge >= 0.3 is 0 Å². The second-order valence-electron chi connectivity index (χ2n) is 11.9. The summed E-state index contributed by atoms with van der Waals surface area (Å²) in [5, 5.41) is 5.42. The topological polar surface area (TPSA) is 36.9 Å². The molecule has 44 heavy (non-hydrogen) atoms. The van der Waals surface area contributed by atoms with Crippen LogP contribution < -0.4 is 20.7 Å². The number of hydrogen-bond acceptors (Lipinski definition) is 4. The molecule has 1 aliphatic heterocycles. The molecule has 1 saturated heterocycles. The van der Waals surface area contributed by atoms with Crippen molar-refractivity contribution in [3.63, 3.8) is 0 Å². The Balaban J connectivity index is 1.88. The fourth-order valence-electron chi connectivity index (χ4n) is 7.73. The zero-order valence-electron chi connectivity index (χ0n) is 26.8. The summed E-state index contributed by atoms with van der Waals surface area (Å²) in [7, 11) is -10.8. The molecule has 4 nitrogen and oxygen atoms in total. The molecule has 0 spiro atoms. The van der Waals surface area contributed by atoms with Crippen LogP contribution in [0, 0.1) is 0 Å². The van der Waals surface area contributed by atoms with Crippen molar-refractivity contribution >= 4 is 54.0 Å². The van der Waals surface area contributed by atoms with Crippen molar-refractivity contribution in [3.8, 4) is 0 Å². The molecule has 0 aliphatic carbocycles. The minimum absolute atomic E-state index is 0.671. The molecule has 0 radical (unpaired) electrons. The average molecular weight is 657 g/mol. The summed E-state index contributed by atoms with van der Waals surface area (Å²) in [4.78, 5) is 0.